The minimum atomic E-state index is -0.412. The van der Waals surface area contributed by atoms with Crippen LogP contribution < -0.4 is 15.2 Å². The van der Waals surface area contributed by atoms with Crippen LogP contribution in [0.15, 0.2) is 48.0 Å². The van der Waals surface area contributed by atoms with E-state index in [-0.39, 0.29) is 11.5 Å². The average Bonchev–Trinajstić information content (AvgIpc) is 2.84. The first kappa shape index (κ1) is 17.2. The molecule has 3 rings (SSSR count). The highest BCUT2D eigenvalue weighted by molar-refractivity contribution is 14.1. The van der Waals surface area contributed by atoms with Gasteiger partial charge in [0.1, 0.15) is 11.3 Å². The molecular weight excluding hydrogens is 534 g/mol. The third-order valence-electron chi connectivity index (χ3n) is 3.44. The lowest BCUT2D eigenvalue weighted by molar-refractivity contribution is -0.117. The third kappa shape index (κ3) is 3.27. The third-order valence-corrected chi connectivity index (χ3v) is 5.04. The van der Waals surface area contributed by atoms with Crippen molar-refractivity contribution in [2.24, 2.45) is 0 Å². The van der Waals surface area contributed by atoms with Crippen LogP contribution in [0.25, 0.3) is 6.08 Å². The van der Waals surface area contributed by atoms with Crippen molar-refractivity contribution in [3.05, 3.63) is 60.7 Å². The van der Waals surface area contributed by atoms with Gasteiger partial charge in [-0.2, -0.15) is 0 Å². The smallest absolute Gasteiger partial charge is 0.282 e. The van der Waals surface area contributed by atoms with E-state index in [9.17, 15) is 9.59 Å². The SMILES string of the molecule is COc1c(I)cc(/C=C2/C(=O)NN(c3ccccc3)C2=O)cc1I. The Morgan fingerprint density at radius 3 is 2.29 bits per heavy atom. The van der Waals surface area contributed by atoms with Crippen molar-refractivity contribution >= 4 is 68.8 Å². The van der Waals surface area contributed by atoms with Crippen molar-refractivity contribution in [3.63, 3.8) is 0 Å². The fourth-order valence-corrected chi connectivity index (χ4v) is 4.60. The molecule has 122 valence electrons. The normalized spacial score (nSPS) is 15.8. The largest absolute Gasteiger partial charge is 0.495 e. The van der Waals surface area contributed by atoms with Crippen LogP contribution in [-0.4, -0.2) is 18.9 Å². The molecule has 1 N–H and O–H groups in total. The highest BCUT2D eigenvalue weighted by Gasteiger charge is 2.34. The molecule has 2 amide bonds. The molecule has 1 aliphatic heterocycles. The number of benzene rings is 2. The summed E-state index contributed by atoms with van der Waals surface area (Å²) in [6.45, 7) is 0. The average molecular weight is 546 g/mol. The molecule has 0 aliphatic carbocycles. The van der Waals surface area contributed by atoms with Crippen LogP contribution in [0, 0.1) is 7.14 Å². The summed E-state index contributed by atoms with van der Waals surface area (Å²) in [7, 11) is 1.61. The zero-order chi connectivity index (χ0) is 17.3. The molecule has 1 heterocycles. The Bertz CT molecular complexity index is 827. The van der Waals surface area contributed by atoms with Gasteiger partial charge in [0.25, 0.3) is 11.8 Å². The number of hydrazine groups is 1. The van der Waals surface area contributed by atoms with Gasteiger partial charge in [-0.15, -0.1) is 0 Å². The van der Waals surface area contributed by atoms with Gasteiger partial charge >= 0.3 is 0 Å². The lowest BCUT2D eigenvalue weighted by Gasteiger charge is -2.13. The zero-order valence-corrected chi connectivity index (χ0v) is 16.9. The molecule has 0 spiro atoms. The second-order valence-electron chi connectivity index (χ2n) is 4.99. The van der Waals surface area contributed by atoms with Crippen molar-refractivity contribution < 1.29 is 14.3 Å². The fraction of sp³-hybridized carbons (Fsp3) is 0.0588. The Kier molecular flexibility index (Phi) is 5.09. The molecule has 0 aromatic heterocycles. The first-order chi connectivity index (χ1) is 11.5. The maximum Gasteiger partial charge on any atom is 0.282 e. The molecule has 1 saturated heterocycles. The fourth-order valence-electron chi connectivity index (χ4n) is 2.34. The highest BCUT2D eigenvalue weighted by atomic mass is 127. The molecular formula is C17H12I2N2O3. The predicted molar refractivity (Wildman–Crippen MR) is 108 cm³/mol. The van der Waals surface area contributed by atoms with Gasteiger partial charge in [0, 0.05) is 0 Å². The number of anilines is 1. The van der Waals surface area contributed by atoms with E-state index in [1.807, 2.05) is 30.3 Å². The Morgan fingerprint density at radius 2 is 1.71 bits per heavy atom. The molecule has 2 aromatic rings. The minimum Gasteiger partial charge on any atom is -0.495 e. The summed E-state index contributed by atoms with van der Waals surface area (Å²) in [5.74, 6) is 0.00295. The Hall–Kier alpha value is -1.62. The number of para-hydroxylation sites is 1. The highest BCUT2D eigenvalue weighted by Crippen LogP contribution is 2.30. The summed E-state index contributed by atoms with van der Waals surface area (Å²) >= 11 is 4.33. The number of methoxy groups -OCH3 is 1. The predicted octanol–water partition coefficient (Wildman–Crippen LogP) is 3.37. The number of nitrogens with zero attached hydrogens (tertiary/aromatic N) is 1. The number of carbonyl (C=O) groups excluding carboxylic acids is 2. The van der Waals surface area contributed by atoms with Gasteiger partial charge in [0.05, 0.1) is 19.9 Å². The first-order valence-electron chi connectivity index (χ1n) is 6.96. The molecule has 0 radical (unpaired) electrons. The lowest BCUT2D eigenvalue weighted by atomic mass is 10.1. The lowest BCUT2D eigenvalue weighted by Crippen LogP contribution is -2.35. The van der Waals surface area contributed by atoms with E-state index >= 15 is 0 Å². The van der Waals surface area contributed by atoms with Crippen LogP contribution in [0.4, 0.5) is 5.69 Å². The summed E-state index contributed by atoms with van der Waals surface area (Å²) in [4.78, 5) is 24.8. The summed E-state index contributed by atoms with van der Waals surface area (Å²) < 4.78 is 7.16. The van der Waals surface area contributed by atoms with E-state index in [0.29, 0.717) is 5.69 Å². The van der Waals surface area contributed by atoms with Gasteiger partial charge in [-0.3, -0.25) is 15.0 Å². The van der Waals surface area contributed by atoms with Gasteiger partial charge in [0.15, 0.2) is 0 Å². The molecule has 7 heteroatoms. The van der Waals surface area contributed by atoms with Crippen molar-refractivity contribution in [3.8, 4) is 5.75 Å². The Morgan fingerprint density at radius 1 is 1.08 bits per heavy atom. The van der Waals surface area contributed by atoms with Crippen LogP contribution in [0.2, 0.25) is 0 Å². The van der Waals surface area contributed by atoms with Crippen LogP contribution in [0.1, 0.15) is 5.56 Å². The molecule has 0 bridgehead atoms. The summed E-state index contributed by atoms with van der Waals surface area (Å²) in [6.07, 6.45) is 1.60. The summed E-state index contributed by atoms with van der Waals surface area (Å²) in [5.41, 5.74) is 4.10. The number of nitrogens with one attached hydrogen (secondary N) is 1. The van der Waals surface area contributed by atoms with Crippen LogP contribution in [0.5, 0.6) is 5.75 Å². The van der Waals surface area contributed by atoms with Crippen molar-refractivity contribution in [1.29, 1.82) is 0 Å². The van der Waals surface area contributed by atoms with E-state index in [0.717, 1.165) is 18.5 Å². The molecule has 0 unspecified atom stereocenters. The van der Waals surface area contributed by atoms with Gasteiger partial charge < -0.3 is 4.74 Å². The van der Waals surface area contributed by atoms with Gasteiger partial charge in [-0.1, -0.05) is 18.2 Å². The van der Waals surface area contributed by atoms with Crippen LogP contribution >= 0.6 is 45.2 Å². The number of ether oxygens (including phenoxy) is 1. The summed E-state index contributed by atoms with van der Waals surface area (Å²) in [6, 6.07) is 12.8. The van der Waals surface area contributed by atoms with E-state index in [4.69, 9.17) is 4.74 Å². The van der Waals surface area contributed by atoms with Gasteiger partial charge in [0.2, 0.25) is 0 Å². The maximum absolute atomic E-state index is 12.6. The van der Waals surface area contributed by atoms with Gasteiger partial charge in [-0.25, -0.2) is 5.01 Å². The molecule has 5 nitrogen and oxygen atoms in total. The quantitative estimate of drug-likeness (QED) is 0.365. The molecule has 24 heavy (non-hydrogen) atoms. The van der Waals surface area contributed by atoms with E-state index in [1.165, 1.54) is 5.01 Å². The Labute approximate surface area is 166 Å². The van der Waals surface area contributed by atoms with Gasteiger partial charge in [-0.05, 0) is 81.1 Å². The minimum absolute atomic E-state index is 0.107. The second kappa shape index (κ2) is 7.09. The molecule has 0 atom stereocenters. The number of hydrogen-bond acceptors (Lipinski definition) is 3. The standard InChI is InChI=1S/C17H12I2N2O3/c1-24-15-13(18)8-10(9-14(15)19)7-12-16(22)20-21(17(12)23)11-5-3-2-4-6-11/h2-9H,1H3,(H,20,22)/b12-7-. The molecule has 0 saturated carbocycles. The topological polar surface area (TPSA) is 58.6 Å². The molecule has 2 aromatic carbocycles. The number of carbonyl (C=O) groups is 2. The Balaban J connectivity index is 1.96. The molecule has 1 fully saturated rings. The monoisotopic (exact) mass is 546 g/mol. The second-order valence-corrected chi connectivity index (χ2v) is 7.32. The van der Waals surface area contributed by atoms with E-state index in [1.54, 1.807) is 25.3 Å². The van der Waals surface area contributed by atoms with Crippen molar-refractivity contribution in [1.82, 2.24) is 5.43 Å². The zero-order valence-electron chi connectivity index (χ0n) is 12.5. The molecule has 1 aliphatic rings. The van der Waals surface area contributed by atoms with Crippen LogP contribution in [0.3, 0.4) is 0 Å². The number of rotatable bonds is 3. The number of amides is 2. The maximum atomic E-state index is 12.6. The number of hydrogen-bond donors (Lipinski definition) is 1. The van der Waals surface area contributed by atoms with Crippen molar-refractivity contribution in [2.45, 2.75) is 0 Å². The first-order valence-corrected chi connectivity index (χ1v) is 9.12. The van der Waals surface area contributed by atoms with Crippen molar-refractivity contribution in [2.75, 3.05) is 12.1 Å². The van der Waals surface area contributed by atoms with E-state index in [2.05, 4.69) is 50.6 Å². The summed E-state index contributed by atoms with van der Waals surface area (Å²) in [5, 5.41) is 1.26. The van der Waals surface area contributed by atoms with E-state index < -0.39 is 5.91 Å². The number of halogens is 2. The van der Waals surface area contributed by atoms with Crippen LogP contribution in [-0.2, 0) is 9.59 Å².